The summed E-state index contributed by atoms with van der Waals surface area (Å²) in [7, 11) is 3.47. The van der Waals surface area contributed by atoms with Crippen LogP contribution in [0, 0.1) is 0 Å². The van der Waals surface area contributed by atoms with E-state index in [0.717, 1.165) is 16.2 Å². The molecule has 3 aromatic rings. The Labute approximate surface area is 188 Å². The molecule has 0 fully saturated rings. The van der Waals surface area contributed by atoms with Crippen LogP contribution in [0.25, 0.3) is 0 Å². The van der Waals surface area contributed by atoms with Crippen molar-refractivity contribution in [2.45, 2.75) is 24.1 Å². The van der Waals surface area contributed by atoms with Gasteiger partial charge < -0.3 is 9.80 Å². The summed E-state index contributed by atoms with van der Waals surface area (Å²) in [5, 5.41) is 0. The number of benzene rings is 2. The Kier molecular flexibility index (Phi) is 7.84. The lowest BCUT2D eigenvalue weighted by atomic mass is 10.1. The largest absolute Gasteiger partial charge is 0.345 e. The fourth-order valence-electron chi connectivity index (χ4n) is 3.09. The van der Waals surface area contributed by atoms with Crippen LogP contribution >= 0.6 is 11.8 Å². The van der Waals surface area contributed by atoms with Crippen LogP contribution in [0.5, 0.6) is 0 Å². The van der Waals surface area contributed by atoms with Crippen LogP contribution in [0.15, 0.2) is 78.0 Å². The van der Waals surface area contributed by atoms with Gasteiger partial charge >= 0.3 is 0 Å². The van der Waals surface area contributed by atoms with E-state index in [4.69, 9.17) is 0 Å². The number of amides is 2. The van der Waals surface area contributed by atoms with Gasteiger partial charge in [0.15, 0.2) is 0 Å². The third kappa shape index (κ3) is 6.18. The van der Waals surface area contributed by atoms with Gasteiger partial charge in [0.1, 0.15) is 0 Å². The summed E-state index contributed by atoms with van der Waals surface area (Å²) in [4.78, 5) is 33.6. The first kappa shape index (κ1) is 22.6. The molecule has 5 nitrogen and oxygen atoms in total. The van der Waals surface area contributed by atoms with Crippen molar-refractivity contribution in [2.75, 3.05) is 20.6 Å². The predicted molar refractivity (Wildman–Crippen MR) is 125 cm³/mol. The molecule has 1 aromatic heterocycles. The molecule has 31 heavy (non-hydrogen) atoms. The SMILES string of the molecule is CCN(Cc1ccc(C(=O)N(C)C)cc1)C(=O)c1ccc(SCc2cccnc2)cc1. The molecule has 0 saturated heterocycles. The molecule has 0 unspecified atom stereocenters. The fraction of sp³-hybridized carbons (Fsp3) is 0.240. The van der Waals surface area contributed by atoms with Gasteiger partial charge in [0.2, 0.25) is 0 Å². The van der Waals surface area contributed by atoms with Gasteiger partial charge in [0.25, 0.3) is 11.8 Å². The summed E-state index contributed by atoms with van der Waals surface area (Å²) in [5.41, 5.74) is 3.48. The molecule has 0 atom stereocenters. The highest BCUT2D eigenvalue weighted by Crippen LogP contribution is 2.23. The molecule has 0 saturated carbocycles. The van der Waals surface area contributed by atoms with Crippen molar-refractivity contribution in [1.29, 1.82) is 0 Å². The van der Waals surface area contributed by atoms with Crippen molar-refractivity contribution in [2.24, 2.45) is 0 Å². The van der Waals surface area contributed by atoms with Gasteiger partial charge in [-0.1, -0.05) is 18.2 Å². The van der Waals surface area contributed by atoms with E-state index in [1.165, 1.54) is 5.56 Å². The first-order valence-corrected chi connectivity index (χ1v) is 11.2. The monoisotopic (exact) mass is 433 g/mol. The van der Waals surface area contributed by atoms with E-state index in [0.29, 0.717) is 24.2 Å². The minimum absolute atomic E-state index is 0.000228. The first-order valence-electron chi connectivity index (χ1n) is 10.2. The topological polar surface area (TPSA) is 53.5 Å². The Hall–Kier alpha value is -3.12. The molecule has 6 heteroatoms. The lowest BCUT2D eigenvalue weighted by molar-refractivity contribution is 0.0751. The van der Waals surface area contributed by atoms with Crippen molar-refractivity contribution in [3.8, 4) is 0 Å². The summed E-state index contributed by atoms with van der Waals surface area (Å²) >= 11 is 1.72. The molecule has 0 aliphatic rings. The fourth-order valence-corrected chi connectivity index (χ4v) is 3.92. The molecule has 0 N–H and O–H groups in total. The molecule has 3 rings (SSSR count). The number of carbonyl (C=O) groups excluding carboxylic acids is 2. The molecule has 2 aromatic carbocycles. The summed E-state index contributed by atoms with van der Waals surface area (Å²) in [6.45, 7) is 3.08. The van der Waals surface area contributed by atoms with Crippen LogP contribution in [0.4, 0.5) is 0 Å². The Morgan fingerprint density at radius 2 is 1.52 bits per heavy atom. The lowest BCUT2D eigenvalue weighted by Gasteiger charge is -2.21. The number of nitrogens with zero attached hydrogens (tertiary/aromatic N) is 3. The van der Waals surface area contributed by atoms with E-state index in [1.807, 2.05) is 67.7 Å². The van der Waals surface area contributed by atoms with Crippen LogP contribution in [0.2, 0.25) is 0 Å². The minimum Gasteiger partial charge on any atom is -0.345 e. The van der Waals surface area contributed by atoms with Gasteiger partial charge in [-0.25, -0.2) is 0 Å². The highest BCUT2D eigenvalue weighted by Gasteiger charge is 2.15. The number of rotatable bonds is 8. The number of hydrogen-bond acceptors (Lipinski definition) is 4. The molecule has 0 bridgehead atoms. The number of thioether (sulfide) groups is 1. The van der Waals surface area contributed by atoms with E-state index in [-0.39, 0.29) is 11.8 Å². The molecular weight excluding hydrogens is 406 g/mol. The van der Waals surface area contributed by atoms with E-state index in [1.54, 1.807) is 41.9 Å². The first-order chi connectivity index (χ1) is 15.0. The van der Waals surface area contributed by atoms with E-state index in [9.17, 15) is 9.59 Å². The average molecular weight is 434 g/mol. The van der Waals surface area contributed by atoms with Crippen molar-refractivity contribution in [1.82, 2.24) is 14.8 Å². The van der Waals surface area contributed by atoms with Crippen LogP contribution in [0.3, 0.4) is 0 Å². The maximum Gasteiger partial charge on any atom is 0.254 e. The van der Waals surface area contributed by atoms with Gasteiger partial charge in [-0.3, -0.25) is 14.6 Å². The van der Waals surface area contributed by atoms with Gasteiger partial charge in [-0.2, -0.15) is 0 Å². The van der Waals surface area contributed by atoms with Crippen molar-refractivity contribution in [3.63, 3.8) is 0 Å². The van der Waals surface area contributed by atoms with Crippen LogP contribution in [-0.4, -0.2) is 47.2 Å². The second-order valence-corrected chi connectivity index (χ2v) is 8.44. The van der Waals surface area contributed by atoms with Crippen LogP contribution in [0.1, 0.15) is 38.8 Å². The molecule has 2 amide bonds. The van der Waals surface area contributed by atoms with E-state index >= 15 is 0 Å². The third-order valence-electron chi connectivity index (χ3n) is 4.88. The summed E-state index contributed by atoms with van der Waals surface area (Å²) in [6, 6.07) is 19.2. The highest BCUT2D eigenvalue weighted by molar-refractivity contribution is 7.98. The Morgan fingerprint density at radius 1 is 0.871 bits per heavy atom. The average Bonchev–Trinajstić information content (AvgIpc) is 2.81. The van der Waals surface area contributed by atoms with Gasteiger partial charge in [0, 0.05) is 61.4 Å². The van der Waals surface area contributed by atoms with Crippen molar-refractivity contribution >= 4 is 23.6 Å². The Bertz CT molecular complexity index is 1000. The Balaban J connectivity index is 1.61. The summed E-state index contributed by atoms with van der Waals surface area (Å²) in [6.07, 6.45) is 3.64. The minimum atomic E-state index is -0.0311. The van der Waals surface area contributed by atoms with Crippen LogP contribution in [-0.2, 0) is 12.3 Å². The molecular formula is C25H27N3O2S. The molecule has 160 valence electrons. The number of aromatic nitrogens is 1. The zero-order valence-electron chi connectivity index (χ0n) is 18.1. The second-order valence-electron chi connectivity index (χ2n) is 7.39. The second kappa shape index (κ2) is 10.8. The van der Waals surface area contributed by atoms with Crippen molar-refractivity contribution < 1.29 is 9.59 Å². The smallest absolute Gasteiger partial charge is 0.254 e. The van der Waals surface area contributed by atoms with Gasteiger partial charge in [-0.15, -0.1) is 11.8 Å². The van der Waals surface area contributed by atoms with Crippen molar-refractivity contribution in [3.05, 3.63) is 95.3 Å². The molecule has 0 radical (unpaired) electrons. The van der Waals surface area contributed by atoms with Gasteiger partial charge in [-0.05, 0) is 60.5 Å². The van der Waals surface area contributed by atoms with Crippen LogP contribution < -0.4 is 0 Å². The maximum absolute atomic E-state index is 13.0. The summed E-state index contributed by atoms with van der Waals surface area (Å²) < 4.78 is 0. The standard InChI is InChI=1S/C25H27N3O2S/c1-4-28(17-19-7-9-21(10-8-19)24(29)27(2)3)25(30)22-11-13-23(14-12-22)31-18-20-6-5-15-26-16-20/h5-16H,4,17-18H2,1-3H3. The number of carbonyl (C=O) groups is 2. The third-order valence-corrected chi connectivity index (χ3v) is 5.96. The normalized spacial score (nSPS) is 10.5. The highest BCUT2D eigenvalue weighted by atomic mass is 32.2. The van der Waals surface area contributed by atoms with E-state index < -0.39 is 0 Å². The lowest BCUT2D eigenvalue weighted by Crippen LogP contribution is -2.30. The summed E-state index contributed by atoms with van der Waals surface area (Å²) in [5.74, 6) is 0.811. The van der Waals surface area contributed by atoms with Gasteiger partial charge in [0.05, 0.1) is 0 Å². The molecule has 0 aliphatic carbocycles. The van der Waals surface area contributed by atoms with E-state index in [2.05, 4.69) is 11.1 Å². The molecule has 0 spiro atoms. The maximum atomic E-state index is 13.0. The molecule has 0 aliphatic heterocycles. The molecule has 1 heterocycles. The zero-order chi connectivity index (χ0) is 22.2. The number of pyridine rings is 1. The predicted octanol–water partition coefficient (Wildman–Crippen LogP) is 4.74. The Morgan fingerprint density at radius 3 is 2.10 bits per heavy atom. The quantitative estimate of drug-likeness (QED) is 0.482. The number of hydrogen-bond donors (Lipinski definition) is 0. The zero-order valence-corrected chi connectivity index (χ0v) is 18.9.